The second-order valence-electron chi connectivity index (χ2n) is 7.84. The zero-order valence-corrected chi connectivity index (χ0v) is 18.2. The molecule has 5 rings (SSSR count). The van der Waals surface area contributed by atoms with E-state index in [0.29, 0.717) is 29.4 Å². The largest absolute Gasteiger partial charge is 0.387 e. The minimum atomic E-state index is -1.40. The van der Waals surface area contributed by atoms with Crippen LogP contribution in [-0.4, -0.2) is 66.0 Å². The molecule has 0 aliphatic carbocycles. The molecule has 0 bridgehead atoms. The summed E-state index contributed by atoms with van der Waals surface area (Å²) < 4.78 is 7.23. The van der Waals surface area contributed by atoms with Crippen LogP contribution in [0.2, 0.25) is 0 Å². The fourth-order valence-corrected chi connectivity index (χ4v) is 3.89. The van der Waals surface area contributed by atoms with Crippen molar-refractivity contribution in [2.45, 2.75) is 31.1 Å². The Bertz CT molecular complexity index is 1300. The Labute approximate surface area is 194 Å². The van der Waals surface area contributed by atoms with Gasteiger partial charge in [-0.05, 0) is 17.7 Å². The number of carbonyl (C=O) groups is 1. The van der Waals surface area contributed by atoms with Crippen LogP contribution in [0, 0.1) is 0 Å². The van der Waals surface area contributed by atoms with E-state index in [4.69, 9.17) is 4.74 Å². The molecule has 4 atom stereocenters. The van der Waals surface area contributed by atoms with Crippen molar-refractivity contribution in [3.63, 3.8) is 0 Å². The Balaban J connectivity index is 1.57. The normalized spacial score (nSPS) is 22.1. The molecule has 0 saturated carbocycles. The number of rotatable bonds is 6. The number of pyridine rings is 1. The molecule has 3 aromatic heterocycles. The Morgan fingerprint density at radius 2 is 1.85 bits per heavy atom. The molecule has 0 spiro atoms. The number of carbonyl (C=O) groups excluding carboxylic acids is 1. The highest BCUT2D eigenvalue weighted by Crippen LogP contribution is 2.33. The molecule has 1 amide bonds. The van der Waals surface area contributed by atoms with Crippen LogP contribution in [0.5, 0.6) is 0 Å². The van der Waals surface area contributed by atoms with Gasteiger partial charge in [-0.15, -0.1) is 0 Å². The van der Waals surface area contributed by atoms with Gasteiger partial charge < -0.3 is 25.6 Å². The first-order valence-corrected chi connectivity index (χ1v) is 10.7. The van der Waals surface area contributed by atoms with Crippen LogP contribution >= 0.6 is 0 Å². The van der Waals surface area contributed by atoms with Gasteiger partial charge in [0, 0.05) is 31.5 Å². The van der Waals surface area contributed by atoms with E-state index in [2.05, 4.69) is 30.6 Å². The number of aliphatic hydroxyl groups excluding tert-OH is 2. The van der Waals surface area contributed by atoms with E-state index in [1.165, 1.54) is 17.9 Å². The summed E-state index contributed by atoms with van der Waals surface area (Å²) in [6, 6.07) is 13.4. The molecular weight excluding hydrogens is 438 g/mol. The predicted octanol–water partition coefficient (Wildman–Crippen LogP) is 0.866. The Kier molecular flexibility index (Phi) is 5.88. The number of benzene rings is 1. The molecule has 3 unspecified atom stereocenters. The number of hydrogen-bond acceptors (Lipinski definition) is 9. The van der Waals surface area contributed by atoms with Crippen molar-refractivity contribution in [3.05, 3.63) is 66.7 Å². The lowest BCUT2D eigenvalue weighted by atomic mass is 10.1. The number of anilines is 1. The maximum absolute atomic E-state index is 12.1. The lowest BCUT2D eigenvalue weighted by molar-refractivity contribution is -0.137. The SMILES string of the molecule is CNC(=O)[C@@H]1OC(n2cnc3c(NCc4ccccc4)nc(-c4ccncc4)nc32)C(O)C1O. The molecule has 1 aliphatic heterocycles. The summed E-state index contributed by atoms with van der Waals surface area (Å²) in [7, 11) is 1.43. The number of ether oxygens (including phenoxy) is 1. The molecule has 34 heavy (non-hydrogen) atoms. The molecule has 0 radical (unpaired) electrons. The van der Waals surface area contributed by atoms with E-state index in [9.17, 15) is 15.0 Å². The highest BCUT2D eigenvalue weighted by atomic mass is 16.6. The number of likely N-dealkylation sites (N-methyl/N-ethyl adjacent to an activating group) is 1. The van der Waals surface area contributed by atoms with Gasteiger partial charge in [-0.25, -0.2) is 15.0 Å². The van der Waals surface area contributed by atoms with E-state index >= 15 is 0 Å². The molecule has 11 nitrogen and oxygen atoms in total. The van der Waals surface area contributed by atoms with E-state index in [0.717, 1.165) is 11.1 Å². The third kappa shape index (κ3) is 3.96. The zero-order chi connectivity index (χ0) is 23.7. The standard InChI is InChI=1S/C23H23N7O4/c1-24-22(33)18-16(31)17(32)23(34-18)30-12-27-15-20(26-11-13-5-3-2-4-6-13)28-19(29-21(15)30)14-7-9-25-10-8-14/h2-10,12,16-18,23,31-32H,11H2,1H3,(H,24,33)(H,26,28,29)/t16?,17?,18-,23?/m1/s1. The van der Waals surface area contributed by atoms with Gasteiger partial charge in [-0.1, -0.05) is 30.3 Å². The lowest BCUT2D eigenvalue weighted by Crippen LogP contribution is -2.41. The summed E-state index contributed by atoms with van der Waals surface area (Å²) in [5.74, 6) is 0.384. The fraction of sp³-hybridized carbons (Fsp3) is 0.261. The Morgan fingerprint density at radius 1 is 1.09 bits per heavy atom. The molecule has 1 aliphatic rings. The topological polar surface area (TPSA) is 147 Å². The van der Waals surface area contributed by atoms with Crippen LogP contribution in [0.1, 0.15) is 11.8 Å². The smallest absolute Gasteiger partial charge is 0.251 e. The van der Waals surface area contributed by atoms with Crippen LogP contribution in [-0.2, 0) is 16.1 Å². The number of nitrogens with zero attached hydrogens (tertiary/aromatic N) is 5. The summed E-state index contributed by atoms with van der Waals surface area (Å²) in [5, 5.41) is 26.8. The van der Waals surface area contributed by atoms with Crippen LogP contribution in [0.15, 0.2) is 61.2 Å². The van der Waals surface area contributed by atoms with Crippen LogP contribution < -0.4 is 10.6 Å². The molecule has 4 heterocycles. The highest BCUT2D eigenvalue weighted by molar-refractivity contribution is 5.85. The average Bonchev–Trinajstić information content (AvgIpc) is 3.44. The van der Waals surface area contributed by atoms with E-state index < -0.39 is 30.4 Å². The fourth-order valence-electron chi connectivity index (χ4n) is 3.89. The number of nitrogens with one attached hydrogen (secondary N) is 2. The van der Waals surface area contributed by atoms with Crippen LogP contribution in [0.4, 0.5) is 5.82 Å². The van der Waals surface area contributed by atoms with Crippen molar-refractivity contribution in [1.29, 1.82) is 0 Å². The van der Waals surface area contributed by atoms with E-state index in [1.807, 2.05) is 30.3 Å². The van der Waals surface area contributed by atoms with E-state index in [-0.39, 0.29) is 0 Å². The number of imidazole rings is 1. The Hall–Kier alpha value is -3.93. The number of fused-ring (bicyclic) bond motifs is 1. The number of aromatic nitrogens is 5. The summed E-state index contributed by atoms with van der Waals surface area (Å²) in [6.45, 7) is 0.510. The van der Waals surface area contributed by atoms with Crippen molar-refractivity contribution >= 4 is 22.9 Å². The lowest BCUT2D eigenvalue weighted by Gasteiger charge is -2.17. The maximum atomic E-state index is 12.1. The summed E-state index contributed by atoms with van der Waals surface area (Å²) in [5.41, 5.74) is 2.64. The molecule has 4 aromatic rings. The van der Waals surface area contributed by atoms with Crippen LogP contribution in [0.3, 0.4) is 0 Å². The van der Waals surface area contributed by atoms with Crippen molar-refractivity contribution in [2.24, 2.45) is 0 Å². The van der Waals surface area contributed by atoms with Gasteiger partial charge in [0.1, 0.15) is 12.2 Å². The molecule has 1 fully saturated rings. The van der Waals surface area contributed by atoms with Gasteiger partial charge in [0.05, 0.1) is 6.33 Å². The monoisotopic (exact) mass is 461 g/mol. The van der Waals surface area contributed by atoms with Gasteiger partial charge in [0.2, 0.25) is 0 Å². The molecule has 4 N–H and O–H groups in total. The second kappa shape index (κ2) is 9.14. The highest BCUT2D eigenvalue weighted by Gasteiger charge is 2.47. The summed E-state index contributed by atoms with van der Waals surface area (Å²) >= 11 is 0. The maximum Gasteiger partial charge on any atom is 0.251 e. The summed E-state index contributed by atoms with van der Waals surface area (Å²) in [6.07, 6.45) is -0.309. The minimum Gasteiger partial charge on any atom is -0.387 e. The molecule has 1 saturated heterocycles. The van der Waals surface area contributed by atoms with Crippen molar-refractivity contribution in [1.82, 2.24) is 29.8 Å². The van der Waals surface area contributed by atoms with Gasteiger partial charge >= 0.3 is 0 Å². The summed E-state index contributed by atoms with van der Waals surface area (Å²) in [4.78, 5) is 29.9. The van der Waals surface area contributed by atoms with Gasteiger partial charge in [0.15, 0.2) is 35.1 Å². The first-order chi connectivity index (χ1) is 16.6. The number of aliphatic hydroxyl groups is 2. The molecule has 1 aromatic carbocycles. The molecule has 174 valence electrons. The molecule has 11 heteroatoms. The second-order valence-corrected chi connectivity index (χ2v) is 7.84. The number of amides is 1. The van der Waals surface area contributed by atoms with Crippen LogP contribution in [0.25, 0.3) is 22.6 Å². The molecular formula is C23H23N7O4. The Morgan fingerprint density at radius 3 is 2.59 bits per heavy atom. The first-order valence-electron chi connectivity index (χ1n) is 10.7. The average molecular weight is 461 g/mol. The van der Waals surface area contributed by atoms with Crippen molar-refractivity contribution < 1.29 is 19.7 Å². The van der Waals surface area contributed by atoms with Gasteiger partial charge in [0.25, 0.3) is 5.91 Å². The number of hydrogen-bond donors (Lipinski definition) is 4. The third-order valence-electron chi connectivity index (χ3n) is 5.68. The van der Waals surface area contributed by atoms with Crippen molar-refractivity contribution in [3.8, 4) is 11.4 Å². The van der Waals surface area contributed by atoms with Gasteiger partial charge in [-0.2, -0.15) is 0 Å². The van der Waals surface area contributed by atoms with Gasteiger partial charge in [-0.3, -0.25) is 14.3 Å². The quantitative estimate of drug-likeness (QED) is 0.328. The first kappa shape index (κ1) is 21.9. The van der Waals surface area contributed by atoms with E-state index in [1.54, 1.807) is 24.5 Å². The third-order valence-corrected chi connectivity index (χ3v) is 5.68. The minimum absolute atomic E-state index is 0.381. The van der Waals surface area contributed by atoms with Crippen molar-refractivity contribution in [2.75, 3.05) is 12.4 Å². The zero-order valence-electron chi connectivity index (χ0n) is 18.2. The predicted molar refractivity (Wildman–Crippen MR) is 122 cm³/mol.